The molecular weight excluding hydrogens is 396 g/mol. The van der Waals surface area contributed by atoms with E-state index in [1.807, 2.05) is 6.92 Å². The molecule has 0 saturated heterocycles. The lowest BCUT2D eigenvalue weighted by Crippen LogP contribution is -2.30. The molecule has 1 aromatic rings. The number of benzene rings is 1. The number of hydrogen-bond acceptors (Lipinski definition) is 8. The van der Waals surface area contributed by atoms with Gasteiger partial charge in [0, 0.05) is 18.7 Å². The number of carbonyl (C=O) groups excluding carboxylic acids is 1. The van der Waals surface area contributed by atoms with Crippen molar-refractivity contribution < 1.29 is 29.8 Å². The Bertz CT molecular complexity index is 861. The zero-order chi connectivity index (χ0) is 22.8. The maximum atomic E-state index is 12.4. The van der Waals surface area contributed by atoms with Gasteiger partial charge in [-0.1, -0.05) is 33.1 Å². The predicted molar refractivity (Wildman–Crippen MR) is 108 cm³/mol. The number of nitro benzene ring substituents is 1. The van der Waals surface area contributed by atoms with Gasteiger partial charge in [0.2, 0.25) is 0 Å². The SMILES string of the molecule is CCCCC(CC)CNC(=O)C(N=Nc1cc([N+](=O)[O-])cc(C(=O)O)c1O)=C(C)O. The predicted octanol–water partition coefficient (Wildman–Crippen LogP) is 4.20. The Labute approximate surface area is 173 Å². The number of non-ortho nitro benzene ring substituents is 1. The van der Waals surface area contributed by atoms with Crippen molar-refractivity contribution >= 4 is 23.3 Å². The van der Waals surface area contributed by atoms with E-state index in [2.05, 4.69) is 22.5 Å². The molecule has 1 atom stereocenters. The molecule has 1 rings (SSSR count). The Hall–Kier alpha value is -3.50. The van der Waals surface area contributed by atoms with Crippen LogP contribution in [0.4, 0.5) is 11.4 Å². The van der Waals surface area contributed by atoms with Crippen molar-refractivity contribution in [2.24, 2.45) is 16.1 Å². The smallest absolute Gasteiger partial charge is 0.339 e. The van der Waals surface area contributed by atoms with Crippen LogP contribution in [0.3, 0.4) is 0 Å². The van der Waals surface area contributed by atoms with E-state index in [0.717, 1.165) is 31.7 Å². The van der Waals surface area contributed by atoms with E-state index in [1.54, 1.807) is 0 Å². The number of amides is 1. The minimum atomic E-state index is -1.60. The number of aliphatic hydroxyl groups excluding tert-OH is 1. The molecule has 0 spiro atoms. The Kier molecular flexibility index (Phi) is 9.40. The standard InChI is InChI=1S/C19H26N4O7/c1-4-6-7-12(5-2)10-20-18(26)16(11(3)24)22-21-15-9-13(23(29)30)8-14(17(15)25)19(27)28/h8-9,12,24-25H,4-7,10H2,1-3H3,(H,20,26)(H,27,28). The molecule has 0 bridgehead atoms. The molecule has 0 heterocycles. The maximum Gasteiger partial charge on any atom is 0.339 e. The van der Waals surface area contributed by atoms with Crippen LogP contribution >= 0.6 is 0 Å². The van der Waals surface area contributed by atoms with E-state index in [0.29, 0.717) is 12.6 Å². The summed E-state index contributed by atoms with van der Waals surface area (Å²) in [5, 5.41) is 49.7. The normalized spacial score (nSPS) is 13.0. The largest absolute Gasteiger partial charge is 0.510 e. The molecule has 0 saturated carbocycles. The van der Waals surface area contributed by atoms with Gasteiger partial charge in [0.05, 0.1) is 4.92 Å². The summed E-state index contributed by atoms with van der Waals surface area (Å²) in [5.41, 5.74) is -2.35. The second kappa shape index (κ2) is 11.5. The molecular formula is C19H26N4O7. The summed E-state index contributed by atoms with van der Waals surface area (Å²) >= 11 is 0. The molecule has 4 N–H and O–H groups in total. The van der Waals surface area contributed by atoms with Crippen molar-refractivity contribution in [3.63, 3.8) is 0 Å². The number of aromatic carboxylic acids is 1. The molecule has 0 aliphatic carbocycles. The second-order valence-electron chi connectivity index (χ2n) is 6.68. The van der Waals surface area contributed by atoms with E-state index in [-0.39, 0.29) is 5.92 Å². The van der Waals surface area contributed by atoms with Crippen molar-refractivity contribution in [1.29, 1.82) is 0 Å². The minimum absolute atomic E-state index is 0.255. The van der Waals surface area contributed by atoms with E-state index in [4.69, 9.17) is 5.11 Å². The summed E-state index contributed by atoms with van der Waals surface area (Å²) in [6, 6.07) is 1.49. The first-order chi connectivity index (χ1) is 14.1. The number of aliphatic hydroxyl groups is 1. The van der Waals surface area contributed by atoms with Crippen LogP contribution in [-0.4, -0.2) is 38.7 Å². The van der Waals surface area contributed by atoms with Crippen LogP contribution in [0.2, 0.25) is 0 Å². The number of phenols is 1. The number of nitrogens with zero attached hydrogens (tertiary/aromatic N) is 3. The highest BCUT2D eigenvalue weighted by Crippen LogP contribution is 2.35. The zero-order valence-electron chi connectivity index (χ0n) is 17.1. The van der Waals surface area contributed by atoms with E-state index in [9.17, 15) is 29.9 Å². The number of hydrogen-bond donors (Lipinski definition) is 4. The molecule has 1 amide bonds. The number of carbonyl (C=O) groups is 2. The van der Waals surface area contributed by atoms with Gasteiger partial charge >= 0.3 is 5.97 Å². The van der Waals surface area contributed by atoms with Crippen molar-refractivity contribution in [3.8, 4) is 5.75 Å². The first kappa shape index (κ1) is 24.5. The molecule has 0 aromatic heterocycles. The molecule has 1 unspecified atom stereocenters. The Morgan fingerprint density at radius 1 is 1.27 bits per heavy atom. The molecule has 0 fully saturated rings. The van der Waals surface area contributed by atoms with Crippen molar-refractivity contribution in [2.75, 3.05) is 6.54 Å². The van der Waals surface area contributed by atoms with E-state index >= 15 is 0 Å². The number of rotatable bonds is 11. The summed E-state index contributed by atoms with van der Waals surface area (Å²) < 4.78 is 0. The van der Waals surface area contributed by atoms with Crippen LogP contribution in [0.15, 0.2) is 33.8 Å². The molecule has 0 radical (unpaired) electrons. The fraction of sp³-hybridized carbons (Fsp3) is 0.474. The highest BCUT2D eigenvalue weighted by molar-refractivity contribution is 5.94. The topological polar surface area (TPSA) is 175 Å². The van der Waals surface area contributed by atoms with Gasteiger partial charge < -0.3 is 20.6 Å². The van der Waals surface area contributed by atoms with E-state index in [1.165, 1.54) is 6.92 Å². The number of nitro groups is 1. The van der Waals surface area contributed by atoms with Gasteiger partial charge in [-0.2, -0.15) is 0 Å². The molecule has 11 nitrogen and oxygen atoms in total. The lowest BCUT2D eigenvalue weighted by Gasteiger charge is -2.15. The second-order valence-corrected chi connectivity index (χ2v) is 6.68. The Morgan fingerprint density at radius 3 is 2.43 bits per heavy atom. The van der Waals surface area contributed by atoms with Gasteiger partial charge in [0.1, 0.15) is 17.0 Å². The quantitative estimate of drug-likeness (QED) is 0.136. The molecule has 0 aliphatic rings. The average molecular weight is 422 g/mol. The number of azo groups is 1. The fourth-order valence-electron chi connectivity index (χ4n) is 2.60. The fourth-order valence-corrected chi connectivity index (χ4v) is 2.60. The number of aromatic hydroxyl groups is 1. The summed E-state index contributed by atoms with van der Waals surface area (Å²) in [4.78, 5) is 33.7. The number of carboxylic acid groups (broad SMARTS) is 1. The van der Waals surface area contributed by atoms with Gasteiger partial charge in [0.25, 0.3) is 11.6 Å². The van der Waals surface area contributed by atoms with Crippen molar-refractivity contribution in [3.05, 3.63) is 39.3 Å². The minimum Gasteiger partial charge on any atom is -0.510 e. The lowest BCUT2D eigenvalue weighted by molar-refractivity contribution is -0.384. The first-order valence-corrected chi connectivity index (χ1v) is 9.46. The number of allylic oxidation sites excluding steroid dienone is 1. The van der Waals surface area contributed by atoms with Gasteiger partial charge in [-0.05, 0) is 19.3 Å². The van der Waals surface area contributed by atoms with Gasteiger partial charge in [-0.15, -0.1) is 10.2 Å². The Morgan fingerprint density at radius 2 is 1.93 bits per heavy atom. The van der Waals surface area contributed by atoms with Gasteiger partial charge in [-0.3, -0.25) is 14.9 Å². The van der Waals surface area contributed by atoms with E-state index < -0.39 is 50.9 Å². The third-order valence-corrected chi connectivity index (χ3v) is 4.43. The maximum absolute atomic E-state index is 12.4. The molecule has 0 aliphatic heterocycles. The zero-order valence-corrected chi connectivity index (χ0v) is 17.1. The number of unbranched alkanes of at least 4 members (excludes halogenated alkanes) is 1. The average Bonchev–Trinajstić information content (AvgIpc) is 2.68. The third-order valence-electron chi connectivity index (χ3n) is 4.43. The van der Waals surface area contributed by atoms with Gasteiger partial charge in [0.15, 0.2) is 11.4 Å². The van der Waals surface area contributed by atoms with Crippen LogP contribution in [0.5, 0.6) is 5.75 Å². The molecule has 11 heteroatoms. The van der Waals surface area contributed by atoms with Crippen LogP contribution < -0.4 is 5.32 Å². The summed E-state index contributed by atoms with van der Waals surface area (Å²) in [7, 11) is 0. The first-order valence-electron chi connectivity index (χ1n) is 9.46. The lowest BCUT2D eigenvalue weighted by atomic mass is 9.99. The molecule has 164 valence electrons. The summed E-state index contributed by atoms with van der Waals surface area (Å²) in [6.07, 6.45) is 3.85. The highest BCUT2D eigenvalue weighted by atomic mass is 16.6. The Balaban J connectivity index is 3.12. The summed E-state index contributed by atoms with van der Waals surface area (Å²) in [6.45, 7) is 5.65. The summed E-state index contributed by atoms with van der Waals surface area (Å²) in [5.74, 6) is -3.36. The number of nitrogens with one attached hydrogen (secondary N) is 1. The monoisotopic (exact) mass is 422 g/mol. The van der Waals surface area contributed by atoms with Gasteiger partial charge in [-0.25, -0.2) is 4.79 Å². The molecule has 1 aromatic carbocycles. The van der Waals surface area contributed by atoms with Crippen molar-refractivity contribution in [1.82, 2.24) is 5.32 Å². The number of carboxylic acids is 1. The van der Waals surface area contributed by atoms with Crippen LogP contribution in [0, 0.1) is 16.0 Å². The van der Waals surface area contributed by atoms with Crippen molar-refractivity contribution in [2.45, 2.75) is 46.5 Å². The van der Waals surface area contributed by atoms with Crippen LogP contribution in [-0.2, 0) is 4.79 Å². The van der Waals surface area contributed by atoms with Crippen LogP contribution in [0.1, 0.15) is 56.8 Å². The molecule has 30 heavy (non-hydrogen) atoms. The highest BCUT2D eigenvalue weighted by Gasteiger charge is 2.21. The van der Waals surface area contributed by atoms with Crippen LogP contribution in [0.25, 0.3) is 0 Å². The third kappa shape index (κ3) is 6.83.